The number of hydrogen-bond donors (Lipinski definition) is 2. The van der Waals surface area contributed by atoms with Crippen LogP contribution in [0.5, 0.6) is 0 Å². The first-order valence-corrected chi connectivity index (χ1v) is 5.46. The van der Waals surface area contributed by atoms with E-state index in [0.29, 0.717) is 5.82 Å². The molecule has 0 aliphatic heterocycles. The number of urea groups is 1. The molecule has 0 aliphatic rings. The van der Waals surface area contributed by atoms with Crippen LogP contribution in [0.1, 0.15) is 5.82 Å². The number of imidazole rings is 1. The molecule has 20 heavy (non-hydrogen) atoms. The number of carbonyl (C=O) groups excluding carboxylic acids is 1. The number of rotatable bonds is 5. The van der Waals surface area contributed by atoms with Crippen LogP contribution in [-0.2, 0) is 11.3 Å². The van der Waals surface area contributed by atoms with Crippen LogP contribution in [0.3, 0.4) is 0 Å². The highest BCUT2D eigenvalue weighted by Gasteiger charge is 2.35. The lowest BCUT2D eigenvalue weighted by Crippen LogP contribution is -2.47. The number of carbonyl (C=O) groups is 2. The molecule has 1 heterocycles. The molecule has 2 amide bonds. The van der Waals surface area contributed by atoms with E-state index in [1.54, 1.807) is 0 Å². The van der Waals surface area contributed by atoms with Crippen LogP contribution in [0.25, 0.3) is 0 Å². The summed E-state index contributed by atoms with van der Waals surface area (Å²) >= 11 is 0. The van der Waals surface area contributed by atoms with Crippen molar-refractivity contribution in [3.05, 3.63) is 18.2 Å². The van der Waals surface area contributed by atoms with E-state index in [9.17, 15) is 22.8 Å². The van der Waals surface area contributed by atoms with E-state index in [0.717, 1.165) is 4.90 Å². The van der Waals surface area contributed by atoms with Crippen molar-refractivity contribution < 1.29 is 27.9 Å². The van der Waals surface area contributed by atoms with Gasteiger partial charge in [0, 0.05) is 19.4 Å². The van der Waals surface area contributed by atoms with Gasteiger partial charge >= 0.3 is 18.2 Å². The van der Waals surface area contributed by atoms with Crippen molar-refractivity contribution in [2.45, 2.75) is 12.7 Å². The van der Waals surface area contributed by atoms with Gasteiger partial charge in [-0.1, -0.05) is 0 Å². The first-order chi connectivity index (χ1) is 9.19. The van der Waals surface area contributed by atoms with Gasteiger partial charge in [-0.2, -0.15) is 13.2 Å². The van der Waals surface area contributed by atoms with Crippen molar-refractivity contribution in [3.63, 3.8) is 0 Å². The Bertz CT molecular complexity index is 461. The van der Waals surface area contributed by atoms with Crippen molar-refractivity contribution in [1.82, 2.24) is 19.8 Å². The Kier molecular flexibility index (Phi) is 4.94. The Morgan fingerprint density at radius 3 is 2.55 bits per heavy atom. The zero-order valence-electron chi connectivity index (χ0n) is 10.5. The summed E-state index contributed by atoms with van der Waals surface area (Å²) < 4.78 is 37.0. The number of alkyl halides is 3. The molecule has 0 spiro atoms. The number of halogens is 3. The second-order valence-corrected chi connectivity index (χ2v) is 4.04. The predicted octanol–water partition coefficient (Wildman–Crippen LogP) is 0.910. The van der Waals surface area contributed by atoms with Gasteiger partial charge < -0.3 is 19.9 Å². The lowest BCUT2D eigenvalue weighted by molar-refractivity contribution is -0.149. The molecule has 112 valence electrons. The number of aromatic amines is 1. The topological polar surface area (TPSA) is 89.5 Å². The van der Waals surface area contributed by atoms with E-state index in [2.05, 4.69) is 9.97 Å². The molecule has 0 unspecified atom stereocenters. The van der Waals surface area contributed by atoms with Gasteiger partial charge in [0.2, 0.25) is 0 Å². The third kappa shape index (κ3) is 5.16. The lowest BCUT2D eigenvalue weighted by atomic mass is 10.4. The molecule has 0 fully saturated rings. The fourth-order valence-electron chi connectivity index (χ4n) is 1.49. The van der Waals surface area contributed by atoms with E-state index >= 15 is 0 Å². The molecule has 10 heteroatoms. The molecule has 1 aromatic rings. The molecule has 0 aromatic carbocycles. The maximum atomic E-state index is 12.3. The van der Waals surface area contributed by atoms with Gasteiger partial charge in [-0.25, -0.2) is 9.78 Å². The minimum atomic E-state index is -4.67. The summed E-state index contributed by atoms with van der Waals surface area (Å²) in [6, 6.07) is -1.04. The van der Waals surface area contributed by atoms with Crippen LogP contribution < -0.4 is 0 Å². The van der Waals surface area contributed by atoms with Crippen LogP contribution in [0.2, 0.25) is 0 Å². The van der Waals surface area contributed by atoms with E-state index in [1.165, 1.54) is 19.4 Å². The second-order valence-electron chi connectivity index (χ2n) is 4.04. The van der Waals surface area contributed by atoms with Crippen LogP contribution in [-0.4, -0.2) is 63.2 Å². The van der Waals surface area contributed by atoms with E-state index < -0.39 is 31.3 Å². The maximum absolute atomic E-state index is 12.3. The zero-order valence-corrected chi connectivity index (χ0v) is 10.5. The highest BCUT2D eigenvalue weighted by molar-refractivity contribution is 5.80. The fourth-order valence-corrected chi connectivity index (χ4v) is 1.49. The number of nitrogens with one attached hydrogen (secondary N) is 1. The summed E-state index contributed by atoms with van der Waals surface area (Å²) in [6.07, 6.45) is -1.74. The van der Waals surface area contributed by atoms with Crippen LogP contribution in [0.15, 0.2) is 12.4 Å². The summed E-state index contributed by atoms with van der Waals surface area (Å²) in [4.78, 5) is 30.1. The van der Waals surface area contributed by atoms with Crippen molar-refractivity contribution in [2.75, 3.05) is 20.1 Å². The largest absolute Gasteiger partial charge is 0.480 e. The first-order valence-electron chi connectivity index (χ1n) is 5.46. The average Bonchev–Trinajstić information content (AvgIpc) is 2.77. The average molecular weight is 294 g/mol. The smallest absolute Gasteiger partial charge is 0.406 e. The van der Waals surface area contributed by atoms with Crippen molar-refractivity contribution in [1.29, 1.82) is 0 Å². The molecule has 0 saturated heterocycles. The summed E-state index contributed by atoms with van der Waals surface area (Å²) in [5, 5.41) is 8.57. The Labute approximate surface area is 112 Å². The normalized spacial score (nSPS) is 11.2. The minimum Gasteiger partial charge on any atom is -0.480 e. The van der Waals surface area contributed by atoms with Crippen LogP contribution >= 0.6 is 0 Å². The Morgan fingerprint density at radius 1 is 1.45 bits per heavy atom. The summed E-state index contributed by atoms with van der Waals surface area (Å²) in [5.74, 6) is -1.14. The van der Waals surface area contributed by atoms with Gasteiger partial charge in [0.05, 0.1) is 6.54 Å². The molecule has 1 aromatic heterocycles. The van der Waals surface area contributed by atoms with Gasteiger partial charge in [-0.05, 0) is 0 Å². The molecule has 0 atom stereocenters. The maximum Gasteiger partial charge on any atom is 0.406 e. The molecular weight excluding hydrogens is 281 g/mol. The Morgan fingerprint density at radius 2 is 2.10 bits per heavy atom. The van der Waals surface area contributed by atoms with Gasteiger partial charge in [-0.15, -0.1) is 0 Å². The third-order valence-corrected chi connectivity index (χ3v) is 2.24. The molecule has 1 rings (SSSR count). The highest BCUT2D eigenvalue weighted by Crippen LogP contribution is 2.17. The lowest BCUT2D eigenvalue weighted by Gasteiger charge is -2.27. The summed E-state index contributed by atoms with van der Waals surface area (Å²) in [6.45, 7) is -2.71. The number of aromatic nitrogens is 2. The van der Waals surface area contributed by atoms with Crippen molar-refractivity contribution >= 4 is 12.0 Å². The molecule has 7 nitrogen and oxygen atoms in total. The van der Waals surface area contributed by atoms with Crippen LogP contribution in [0, 0.1) is 0 Å². The number of carboxylic acid groups (broad SMARTS) is 1. The minimum absolute atomic E-state index is 0.0557. The highest BCUT2D eigenvalue weighted by atomic mass is 19.4. The fraction of sp³-hybridized carbons (Fsp3) is 0.500. The van der Waals surface area contributed by atoms with Gasteiger partial charge in [0.15, 0.2) is 0 Å². The monoisotopic (exact) mass is 294 g/mol. The number of nitrogens with zero attached hydrogens (tertiary/aromatic N) is 3. The molecular formula is C10H13F3N4O3. The van der Waals surface area contributed by atoms with Gasteiger partial charge in [-0.3, -0.25) is 4.79 Å². The summed E-state index contributed by atoms with van der Waals surface area (Å²) in [5.41, 5.74) is 0. The van der Waals surface area contributed by atoms with Gasteiger partial charge in [0.1, 0.15) is 18.9 Å². The second kappa shape index (κ2) is 6.26. The number of aliphatic carboxylic acids is 1. The summed E-state index contributed by atoms with van der Waals surface area (Å²) in [7, 11) is 1.26. The molecule has 0 bridgehead atoms. The van der Waals surface area contributed by atoms with Crippen LogP contribution in [0.4, 0.5) is 18.0 Å². The van der Waals surface area contributed by atoms with Crippen molar-refractivity contribution in [3.8, 4) is 0 Å². The Hall–Kier alpha value is -2.26. The first kappa shape index (κ1) is 15.8. The molecule has 0 saturated carbocycles. The molecule has 0 radical (unpaired) electrons. The van der Waals surface area contributed by atoms with Crippen molar-refractivity contribution in [2.24, 2.45) is 0 Å². The SMILES string of the molecule is CN(Cc1ncc[nH]1)C(=O)N(CC(=O)O)CC(F)(F)F. The van der Waals surface area contributed by atoms with E-state index in [1.807, 2.05) is 0 Å². The Balaban J connectivity index is 2.73. The molecule has 0 aliphatic carbocycles. The van der Waals surface area contributed by atoms with E-state index in [4.69, 9.17) is 5.11 Å². The van der Waals surface area contributed by atoms with E-state index in [-0.39, 0.29) is 11.4 Å². The number of H-pyrrole nitrogens is 1. The standard InChI is InChI=1S/C10H13F3N4O3/c1-16(4-7-14-2-3-15-7)9(20)17(5-8(18)19)6-10(11,12)13/h2-3H,4-6H2,1H3,(H,14,15)(H,18,19). The number of carboxylic acids is 1. The quantitative estimate of drug-likeness (QED) is 0.844. The molecule has 2 N–H and O–H groups in total. The number of amides is 2. The third-order valence-electron chi connectivity index (χ3n) is 2.24. The number of hydrogen-bond acceptors (Lipinski definition) is 3. The predicted molar refractivity (Wildman–Crippen MR) is 60.7 cm³/mol. The zero-order chi connectivity index (χ0) is 15.3. The van der Waals surface area contributed by atoms with Gasteiger partial charge in [0.25, 0.3) is 0 Å².